The van der Waals surface area contributed by atoms with Gasteiger partial charge in [-0.2, -0.15) is 0 Å². The number of carbonyl (C=O) groups excluding carboxylic acids is 1. The van der Waals surface area contributed by atoms with E-state index < -0.39 is 4.92 Å². The summed E-state index contributed by atoms with van der Waals surface area (Å²) in [6.07, 6.45) is 0. The lowest BCUT2D eigenvalue weighted by atomic mass is 10.2. The van der Waals surface area contributed by atoms with Crippen molar-refractivity contribution < 1.29 is 19.2 Å². The number of anilines is 1. The van der Waals surface area contributed by atoms with Gasteiger partial charge in [0.2, 0.25) is 5.91 Å². The van der Waals surface area contributed by atoms with Crippen LogP contribution in [0.2, 0.25) is 0 Å². The lowest BCUT2D eigenvalue weighted by Crippen LogP contribution is -2.39. The van der Waals surface area contributed by atoms with E-state index in [2.05, 4.69) is 5.32 Å². The van der Waals surface area contributed by atoms with E-state index in [0.29, 0.717) is 36.4 Å². The predicted octanol–water partition coefficient (Wildman–Crippen LogP) is 1.89. The predicted molar refractivity (Wildman–Crippen MR) is 95.7 cm³/mol. The molecular weight excluding hydrogens is 354 g/mol. The Labute approximate surface area is 148 Å². The standard InChI is InChI=1S/C14H17N3O5S2/c1-21-10-2-3-11(12(8-10)17(19)20)15-13(18)9-24-14(23)16-4-6-22-7-5-16/h2-3,8H,4-7,9H2,1H3,(H,15,18). The number of rotatable bonds is 5. The molecule has 10 heteroatoms. The summed E-state index contributed by atoms with van der Waals surface area (Å²) in [6, 6.07) is 4.26. The van der Waals surface area contributed by atoms with Crippen LogP contribution in [0.1, 0.15) is 0 Å². The highest BCUT2D eigenvalue weighted by Gasteiger charge is 2.19. The van der Waals surface area contributed by atoms with Crippen LogP contribution in [0.25, 0.3) is 0 Å². The van der Waals surface area contributed by atoms with Gasteiger partial charge in [0, 0.05) is 13.1 Å². The highest BCUT2D eigenvalue weighted by Crippen LogP contribution is 2.29. The van der Waals surface area contributed by atoms with Gasteiger partial charge in [-0.3, -0.25) is 14.9 Å². The topological polar surface area (TPSA) is 93.9 Å². The van der Waals surface area contributed by atoms with Crippen molar-refractivity contribution in [3.63, 3.8) is 0 Å². The molecule has 0 unspecified atom stereocenters. The van der Waals surface area contributed by atoms with Crippen molar-refractivity contribution in [2.75, 3.05) is 44.5 Å². The molecule has 1 saturated heterocycles. The van der Waals surface area contributed by atoms with Gasteiger partial charge in [-0.1, -0.05) is 24.0 Å². The van der Waals surface area contributed by atoms with E-state index in [-0.39, 0.29) is 23.0 Å². The van der Waals surface area contributed by atoms with E-state index in [9.17, 15) is 14.9 Å². The van der Waals surface area contributed by atoms with E-state index in [1.165, 1.54) is 31.0 Å². The van der Waals surface area contributed by atoms with E-state index in [1.54, 1.807) is 6.07 Å². The molecule has 1 fully saturated rings. The number of nitrogens with zero attached hydrogens (tertiary/aromatic N) is 2. The molecule has 0 aliphatic carbocycles. The van der Waals surface area contributed by atoms with Gasteiger partial charge in [-0.15, -0.1) is 0 Å². The summed E-state index contributed by atoms with van der Waals surface area (Å²) in [5.41, 5.74) is -0.0906. The maximum atomic E-state index is 12.0. The Kier molecular flexibility index (Phi) is 6.76. The van der Waals surface area contributed by atoms with E-state index in [0.717, 1.165) is 0 Å². The zero-order chi connectivity index (χ0) is 17.5. The molecule has 0 atom stereocenters. The van der Waals surface area contributed by atoms with Gasteiger partial charge < -0.3 is 19.7 Å². The number of ether oxygens (including phenoxy) is 2. The molecule has 2 rings (SSSR count). The minimum Gasteiger partial charge on any atom is -0.496 e. The first-order valence-electron chi connectivity index (χ1n) is 7.13. The third kappa shape index (κ3) is 5.05. The van der Waals surface area contributed by atoms with Crippen LogP contribution in [0.4, 0.5) is 11.4 Å². The maximum Gasteiger partial charge on any atom is 0.296 e. The van der Waals surface area contributed by atoms with Crippen LogP contribution in [0.5, 0.6) is 5.75 Å². The van der Waals surface area contributed by atoms with Crippen LogP contribution in [0.15, 0.2) is 18.2 Å². The Balaban J connectivity index is 1.92. The number of hydrogen-bond donors (Lipinski definition) is 1. The Morgan fingerprint density at radius 1 is 1.50 bits per heavy atom. The molecule has 1 N–H and O–H groups in total. The minimum absolute atomic E-state index is 0.0827. The average Bonchev–Trinajstić information content (AvgIpc) is 2.60. The molecule has 1 aliphatic heterocycles. The molecule has 1 aromatic rings. The molecule has 0 aromatic heterocycles. The van der Waals surface area contributed by atoms with Crippen LogP contribution in [0, 0.1) is 10.1 Å². The van der Waals surface area contributed by atoms with Gasteiger partial charge in [0.1, 0.15) is 15.8 Å². The number of amides is 1. The fraction of sp³-hybridized carbons (Fsp3) is 0.429. The fourth-order valence-corrected chi connectivity index (χ4v) is 3.10. The van der Waals surface area contributed by atoms with Gasteiger partial charge in [-0.05, 0) is 12.1 Å². The summed E-state index contributed by atoms with van der Waals surface area (Å²) in [5.74, 6) is 0.0748. The molecule has 24 heavy (non-hydrogen) atoms. The zero-order valence-electron chi connectivity index (χ0n) is 13.0. The van der Waals surface area contributed by atoms with E-state index >= 15 is 0 Å². The van der Waals surface area contributed by atoms with Gasteiger partial charge in [0.25, 0.3) is 5.69 Å². The molecule has 130 valence electrons. The van der Waals surface area contributed by atoms with Crippen molar-refractivity contribution in [1.29, 1.82) is 0 Å². The minimum atomic E-state index is -0.566. The second-order valence-electron chi connectivity index (χ2n) is 4.84. The number of nitro benzene ring substituents is 1. The smallest absolute Gasteiger partial charge is 0.296 e. The number of methoxy groups -OCH3 is 1. The molecule has 1 amide bonds. The Hall–Kier alpha value is -1.91. The lowest BCUT2D eigenvalue weighted by Gasteiger charge is -2.28. The first kappa shape index (κ1) is 18.4. The molecule has 0 spiro atoms. The monoisotopic (exact) mass is 371 g/mol. The van der Waals surface area contributed by atoms with Crippen LogP contribution in [-0.2, 0) is 9.53 Å². The second kappa shape index (κ2) is 8.81. The number of benzene rings is 1. The SMILES string of the molecule is COc1ccc(NC(=O)CSC(=S)N2CCOCC2)c([N+](=O)[O-])c1. The second-order valence-corrected chi connectivity index (χ2v) is 6.45. The number of morpholine rings is 1. The van der Waals surface area contributed by atoms with Crippen molar-refractivity contribution in [2.45, 2.75) is 0 Å². The van der Waals surface area contributed by atoms with Gasteiger partial charge in [-0.25, -0.2) is 0 Å². The van der Waals surface area contributed by atoms with Crippen LogP contribution >= 0.6 is 24.0 Å². The normalized spacial score (nSPS) is 14.1. The van der Waals surface area contributed by atoms with Crippen molar-refractivity contribution in [3.05, 3.63) is 28.3 Å². The molecular formula is C14H17N3O5S2. The molecule has 1 aromatic carbocycles. The summed E-state index contributed by atoms with van der Waals surface area (Å²) in [7, 11) is 1.42. The molecule has 1 aliphatic rings. The Bertz CT molecular complexity index is 635. The van der Waals surface area contributed by atoms with Crippen LogP contribution < -0.4 is 10.1 Å². The summed E-state index contributed by atoms with van der Waals surface area (Å²) in [6.45, 7) is 2.64. The van der Waals surface area contributed by atoms with Crippen molar-refractivity contribution in [3.8, 4) is 5.75 Å². The molecule has 8 nitrogen and oxygen atoms in total. The molecule has 0 radical (unpaired) electrons. The lowest BCUT2D eigenvalue weighted by molar-refractivity contribution is -0.384. The average molecular weight is 371 g/mol. The number of carbonyl (C=O) groups is 1. The van der Waals surface area contributed by atoms with Crippen LogP contribution in [0.3, 0.4) is 0 Å². The number of nitro groups is 1. The van der Waals surface area contributed by atoms with Crippen molar-refractivity contribution >= 4 is 45.6 Å². The number of thioether (sulfide) groups is 1. The molecule has 0 saturated carbocycles. The highest BCUT2D eigenvalue weighted by molar-refractivity contribution is 8.23. The fourth-order valence-electron chi connectivity index (χ4n) is 2.05. The third-order valence-electron chi connectivity index (χ3n) is 3.27. The van der Waals surface area contributed by atoms with Gasteiger partial charge in [0.15, 0.2) is 0 Å². The van der Waals surface area contributed by atoms with Gasteiger partial charge >= 0.3 is 0 Å². The first-order valence-corrected chi connectivity index (χ1v) is 8.52. The number of hydrogen-bond acceptors (Lipinski definition) is 7. The van der Waals surface area contributed by atoms with Gasteiger partial charge in [0.05, 0.1) is 37.1 Å². The maximum absolute atomic E-state index is 12.0. The Morgan fingerprint density at radius 2 is 2.21 bits per heavy atom. The van der Waals surface area contributed by atoms with E-state index in [4.69, 9.17) is 21.7 Å². The molecule has 0 bridgehead atoms. The first-order chi connectivity index (χ1) is 11.5. The highest BCUT2D eigenvalue weighted by atomic mass is 32.2. The van der Waals surface area contributed by atoms with E-state index in [1.807, 2.05) is 4.90 Å². The summed E-state index contributed by atoms with van der Waals surface area (Å²) >= 11 is 6.51. The quantitative estimate of drug-likeness (QED) is 0.476. The summed E-state index contributed by atoms with van der Waals surface area (Å²) in [5, 5.41) is 13.6. The van der Waals surface area contributed by atoms with Crippen molar-refractivity contribution in [1.82, 2.24) is 4.90 Å². The molecule has 1 heterocycles. The number of thiocarbonyl (C=S) groups is 1. The largest absolute Gasteiger partial charge is 0.496 e. The zero-order valence-corrected chi connectivity index (χ0v) is 14.7. The summed E-state index contributed by atoms with van der Waals surface area (Å²) in [4.78, 5) is 24.6. The number of nitrogens with one attached hydrogen (secondary N) is 1. The van der Waals surface area contributed by atoms with Crippen molar-refractivity contribution in [2.24, 2.45) is 0 Å². The Morgan fingerprint density at radius 3 is 2.83 bits per heavy atom. The third-order valence-corrected chi connectivity index (χ3v) is 4.80. The van der Waals surface area contributed by atoms with Crippen LogP contribution in [-0.4, -0.2) is 59.2 Å². The summed E-state index contributed by atoms with van der Waals surface area (Å²) < 4.78 is 10.8.